The minimum atomic E-state index is 0.266. The first-order chi connectivity index (χ1) is 11.3. The van der Waals surface area contributed by atoms with Gasteiger partial charge in [0.15, 0.2) is 0 Å². The molecule has 1 aliphatic heterocycles. The Hall–Kier alpha value is -2.31. The van der Waals surface area contributed by atoms with Gasteiger partial charge < -0.3 is 4.74 Å². The zero-order chi connectivity index (χ0) is 16.1. The lowest BCUT2D eigenvalue weighted by Gasteiger charge is -2.36. The minimum Gasteiger partial charge on any atom is -0.490 e. The quantitative estimate of drug-likeness (QED) is 0.851. The summed E-state index contributed by atoms with van der Waals surface area (Å²) in [5.41, 5.74) is 2.04. The molecule has 0 aliphatic carbocycles. The molecular formula is C20H22N2O. The predicted molar refractivity (Wildman–Crippen MR) is 91.2 cm³/mol. The summed E-state index contributed by atoms with van der Waals surface area (Å²) in [5, 5.41) is 8.83. The molecule has 0 spiro atoms. The van der Waals surface area contributed by atoms with Crippen LogP contribution in [0.5, 0.6) is 5.75 Å². The molecule has 1 heterocycles. The molecule has 1 unspecified atom stereocenters. The zero-order valence-electron chi connectivity index (χ0n) is 13.5. The van der Waals surface area contributed by atoms with Crippen LogP contribution in [0.1, 0.15) is 36.9 Å². The molecule has 3 rings (SSSR count). The summed E-state index contributed by atoms with van der Waals surface area (Å²) >= 11 is 0. The fourth-order valence-corrected chi connectivity index (χ4v) is 3.12. The van der Waals surface area contributed by atoms with Gasteiger partial charge in [-0.1, -0.05) is 30.3 Å². The Balaban J connectivity index is 1.53. The van der Waals surface area contributed by atoms with Gasteiger partial charge in [-0.25, -0.2) is 0 Å². The van der Waals surface area contributed by atoms with Gasteiger partial charge in [0.25, 0.3) is 0 Å². The van der Waals surface area contributed by atoms with Crippen LogP contribution in [0.2, 0.25) is 0 Å². The highest BCUT2D eigenvalue weighted by Crippen LogP contribution is 2.26. The van der Waals surface area contributed by atoms with Crippen molar-refractivity contribution < 1.29 is 4.74 Å². The molecule has 0 amide bonds. The Kier molecular flexibility index (Phi) is 4.95. The Morgan fingerprint density at radius 1 is 1.04 bits per heavy atom. The minimum absolute atomic E-state index is 0.266. The summed E-state index contributed by atoms with van der Waals surface area (Å²) in [6, 6.07) is 20.6. The van der Waals surface area contributed by atoms with E-state index in [1.807, 2.05) is 24.3 Å². The Labute approximate surface area is 138 Å². The predicted octanol–water partition coefficient (Wildman–Crippen LogP) is 4.16. The van der Waals surface area contributed by atoms with Gasteiger partial charge in [0.05, 0.1) is 11.6 Å². The maximum atomic E-state index is 8.83. The van der Waals surface area contributed by atoms with Gasteiger partial charge in [-0.05, 0) is 49.6 Å². The van der Waals surface area contributed by atoms with Crippen LogP contribution in [0.15, 0.2) is 54.6 Å². The lowest BCUT2D eigenvalue weighted by Crippen LogP contribution is -2.39. The van der Waals surface area contributed by atoms with Crippen molar-refractivity contribution in [3.8, 4) is 11.8 Å². The van der Waals surface area contributed by atoms with Crippen molar-refractivity contribution in [2.24, 2.45) is 0 Å². The largest absolute Gasteiger partial charge is 0.490 e. The monoisotopic (exact) mass is 306 g/mol. The third-order valence-corrected chi connectivity index (χ3v) is 4.59. The number of nitriles is 1. The van der Waals surface area contributed by atoms with Crippen molar-refractivity contribution in [1.29, 1.82) is 5.26 Å². The molecule has 2 aromatic carbocycles. The standard InChI is InChI=1S/C20H22N2O/c1-16(18-5-3-2-4-6-18)22-13-11-20(12-14-22)23-19-9-7-17(15-21)8-10-19/h2-10,16,20H,11-14H2,1H3. The van der Waals surface area contributed by atoms with E-state index in [1.54, 1.807) is 0 Å². The SMILES string of the molecule is CC(c1ccccc1)N1CCC(Oc2ccc(C#N)cc2)CC1. The van der Waals surface area contributed by atoms with Gasteiger partial charge in [0, 0.05) is 19.1 Å². The number of hydrogen-bond donors (Lipinski definition) is 0. The molecule has 0 bridgehead atoms. The van der Waals surface area contributed by atoms with E-state index in [4.69, 9.17) is 10.00 Å². The smallest absolute Gasteiger partial charge is 0.119 e. The molecule has 0 N–H and O–H groups in total. The van der Waals surface area contributed by atoms with Gasteiger partial charge >= 0.3 is 0 Å². The number of nitrogens with zero attached hydrogens (tertiary/aromatic N) is 2. The lowest BCUT2D eigenvalue weighted by molar-refractivity contribution is 0.0797. The number of likely N-dealkylation sites (tertiary alicyclic amines) is 1. The van der Waals surface area contributed by atoms with E-state index >= 15 is 0 Å². The van der Waals surface area contributed by atoms with E-state index in [0.717, 1.165) is 31.7 Å². The fraction of sp³-hybridized carbons (Fsp3) is 0.350. The average molecular weight is 306 g/mol. The van der Waals surface area contributed by atoms with Crippen molar-refractivity contribution in [3.05, 3.63) is 65.7 Å². The summed E-state index contributed by atoms with van der Waals surface area (Å²) in [4.78, 5) is 2.52. The molecular weight excluding hydrogens is 284 g/mol. The van der Waals surface area contributed by atoms with Gasteiger partial charge in [-0.2, -0.15) is 5.26 Å². The molecule has 2 aromatic rings. The third kappa shape index (κ3) is 3.91. The maximum Gasteiger partial charge on any atom is 0.119 e. The first-order valence-corrected chi connectivity index (χ1v) is 8.22. The molecule has 1 aliphatic rings. The third-order valence-electron chi connectivity index (χ3n) is 4.59. The van der Waals surface area contributed by atoms with Crippen LogP contribution in [0, 0.1) is 11.3 Å². The van der Waals surface area contributed by atoms with Crippen molar-refractivity contribution in [3.63, 3.8) is 0 Å². The normalized spacial score (nSPS) is 17.4. The van der Waals surface area contributed by atoms with Crippen LogP contribution in [0.3, 0.4) is 0 Å². The molecule has 1 atom stereocenters. The fourth-order valence-electron chi connectivity index (χ4n) is 3.12. The summed E-state index contributed by atoms with van der Waals surface area (Å²) in [7, 11) is 0. The first-order valence-electron chi connectivity index (χ1n) is 8.22. The Morgan fingerprint density at radius 2 is 1.70 bits per heavy atom. The van der Waals surface area contributed by atoms with Gasteiger partial charge in [0.1, 0.15) is 11.9 Å². The van der Waals surface area contributed by atoms with E-state index in [2.05, 4.69) is 48.2 Å². The second-order valence-corrected chi connectivity index (χ2v) is 6.08. The van der Waals surface area contributed by atoms with Gasteiger partial charge in [0.2, 0.25) is 0 Å². The summed E-state index contributed by atoms with van der Waals surface area (Å²) in [5.74, 6) is 0.860. The van der Waals surface area contributed by atoms with E-state index in [-0.39, 0.29) is 6.10 Å². The molecule has 0 radical (unpaired) electrons. The van der Waals surface area contributed by atoms with E-state index < -0.39 is 0 Å². The van der Waals surface area contributed by atoms with Gasteiger partial charge in [-0.15, -0.1) is 0 Å². The molecule has 0 saturated carbocycles. The number of ether oxygens (including phenoxy) is 1. The highest BCUT2D eigenvalue weighted by molar-refractivity contribution is 5.34. The molecule has 0 aromatic heterocycles. The van der Waals surface area contributed by atoms with Crippen molar-refractivity contribution in [2.75, 3.05) is 13.1 Å². The van der Waals surface area contributed by atoms with Crippen LogP contribution in [0.4, 0.5) is 0 Å². The molecule has 3 heteroatoms. The summed E-state index contributed by atoms with van der Waals surface area (Å²) in [6.07, 6.45) is 2.34. The number of benzene rings is 2. The molecule has 23 heavy (non-hydrogen) atoms. The lowest BCUT2D eigenvalue weighted by atomic mass is 10.0. The number of hydrogen-bond acceptors (Lipinski definition) is 3. The molecule has 3 nitrogen and oxygen atoms in total. The second kappa shape index (κ2) is 7.30. The van der Waals surface area contributed by atoms with E-state index in [9.17, 15) is 0 Å². The zero-order valence-corrected chi connectivity index (χ0v) is 13.5. The van der Waals surface area contributed by atoms with Crippen molar-refractivity contribution in [2.45, 2.75) is 31.9 Å². The van der Waals surface area contributed by atoms with E-state index in [0.29, 0.717) is 11.6 Å². The van der Waals surface area contributed by atoms with Crippen molar-refractivity contribution >= 4 is 0 Å². The van der Waals surface area contributed by atoms with Crippen LogP contribution < -0.4 is 4.74 Å². The Bertz CT molecular complexity index is 652. The Morgan fingerprint density at radius 3 is 2.30 bits per heavy atom. The highest BCUT2D eigenvalue weighted by Gasteiger charge is 2.24. The molecule has 1 saturated heterocycles. The van der Waals surface area contributed by atoms with Gasteiger partial charge in [-0.3, -0.25) is 4.90 Å². The van der Waals surface area contributed by atoms with Crippen LogP contribution in [-0.4, -0.2) is 24.1 Å². The van der Waals surface area contributed by atoms with E-state index in [1.165, 1.54) is 5.56 Å². The number of rotatable bonds is 4. The van der Waals surface area contributed by atoms with Crippen molar-refractivity contribution in [1.82, 2.24) is 4.90 Å². The average Bonchev–Trinajstić information content (AvgIpc) is 2.63. The maximum absolute atomic E-state index is 8.83. The number of piperidine rings is 1. The van der Waals surface area contributed by atoms with Crippen LogP contribution >= 0.6 is 0 Å². The first kappa shape index (κ1) is 15.6. The molecule has 118 valence electrons. The highest BCUT2D eigenvalue weighted by atomic mass is 16.5. The molecule has 1 fully saturated rings. The van der Waals surface area contributed by atoms with Crippen LogP contribution in [0.25, 0.3) is 0 Å². The summed E-state index contributed by atoms with van der Waals surface area (Å²) < 4.78 is 6.05. The summed E-state index contributed by atoms with van der Waals surface area (Å²) in [6.45, 7) is 4.38. The second-order valence-electron chi connectivity index (χ2n) is 6.08. The van der Waals surface area contributed by atoms with Crippen LogP contribution in [-0.2, 0) is 0 Å². The topological polar surface area (TPSA) is 36.3 Å².